The summed E-state index contributed by atoms with van der Waals surface area (Å²) in [6.07, 6.45) is 2.51. The molecule has 1 nitrogen and oxygen atoms in total. The molecule has 1 aliphatic rings. The van der Waals surface area contributed by atoms with Gasteiger partial charge in [-0.05, 0) is 36.0 Å². The predicted molar refractivity (Wildman–Crippen MR) is 57.3 cm³/mol. The van der Waals surface area contributed by atoms with Crippen molar-refractivity contribution in [3.05, 3.63) is 29.3 Å². The van der Waals surface area contributed by atoms with Gasteiger partial charge in [-0.15, -0.1) is 0 Å². The first-order chi connectivity index (χ1) is 6.27. The zero-order valence-corrected chi connectivity index (χ0v) is 8.43. The van der Waals surface area contributed by atoms with Gasteiger partial charge in [0.25, 0.3) is 0 Å². The highest BCUT2D eigenvalue weighted by Crippen LogP contribution is 2.25. The van der Waals surface area contributed by atoms with Crippen molar-refractivity contribution < 1.29 is 0 Å². The van der Waals surface area contributed by atoms with Crippen LogP contribution >= 0.6 is 0 Å². The molecular formula is C12H17N. The Kier molecular flexibility index (Phi) is 2.26. The van der Waals surface area contributed by atoms with Crippen molar-refractivity contribution in [3.8, 4) is 0 Å². The molecule has 1 heteroatoms. The minimum atomic E-state index is 0.646. The summed E-state index contributed by atoms with van der Waals surface area (Å²) in [5, 5.41) is 3.43. The molecule has 0 atom stereocenters. The van der Waals surface area contributed by atoms with Crippen LogP contribution < -0.4 is 5.32 Å². The molecule has 1 aliphatic heterocycles. The van der Waals surface area contributed by atoms with Gasteiger partial charge in [-0.1, -0.05) is 26.0 Å². The second-order valence-electron chi connectivity index (χ2n) is 4.10. The lowest BCUT2D eigenvalue weighted by Crippen LogP contribution is -2.11. The number of hydrogen-bond donors (Lipinski definition) is 1. The monoisotopic (exact) mass is 175 g/mol. The quantitative estimate of drug-likeness (QED) is 0.691. The second kappa shape index (κ2) is 3.41. The highest BCUT2D eigenvalue weighted by atomic mass is 14.9. The summed E-state index contributed by atoms with van der Waals surface area (Å²) in [7, 11) is 0. The maximum absolute atomic E-state index is 3.43. The molecule has 2 rings (SSSR count). The Bertz CT molecular complexity index is 302. The van der Waals surface area contributed by atoms with E-state index >= 15 is 0 Å². The molecule has 1 heterocycles. The number of fused-ring (bicyclic) bond motifs is 1. The van der Waals surface area contributed by atoms with Gasteiger partial charge in [-0.25, -0.2) is 0 Å². The van der Waals surface area contributed by atoms with E-state index in [9.17, 15) is 0 Å². The van der Waals surface area contributed by atoms with E-state index in [-0.39, 0.29) is 0 Å². The second-order valence-corrected chi connectivity index (χ2v) is 4.10. The molecule has 0 fully saturated rings. The molecule has 1 aromatic rings. The minimum absolute atomic E-state index is 0.646. The van der Waals surface area contributed by atoms with E-state index < -0.39 is 0 Å². The average molecular weight is 175 g/mol. The Balaban J connectivity index is 2.35. The van der Waals surface area contributed by atoms with Gasteiger partial charge >= 0.3 is 0 Å². The Morgan fingerprint density at radius 3 is 2.92 bits per heavy atom. The third kappa shape index (κ3) is 1.69. The maximum atomic E-state index is 3.43. The Hall–Kier alpha value is -0.980. The highest BCUT2D eigenvalue weighted by Gasteiger charge is 2.09. The lowest BCUT2D eigenvalue weighted by atomic mass is 9.96. The molecule has 0 saturated heterocycles. The number of aryl methyl sites for hydroxylation is 1. The van der Waals surface area contributed by atoms with Crippen LogP contribution in [0.3, 0.4) is 0 Å². The molecule has 0 amide bonds. The van der Waals surface area contributed by atoms with E-state index in [2.05, 4.69) is 37.4 Å². The molecule has 0 aromatic heterocycles. The molecule has 0 aliphatic carbocycles. The van der Waals surface area contributed by atoms with Crippen molar-refractivity contribution in [2.75, 3.05) is 11.9 Å². The molecule has 0 saturated carbocycles. The van der Waals surface area contributed by atoms with Crippen LogP contribution in [0.2, 0.25) is 0 Å². The number of anilines is 1. The van der Waals surface area contributed by atoms with Crippen LogP contribution in [0.15, 0.2) is 18.2 Å². The molecular weight excluding hydrogens is 158 g/mol. The van der Waals surface area contributed by atoms with Crippen molar-refractivity contribution in [3.63, 3.8) is 0 Å². The van der Waals surface area contributed by atoms with Gasteiger partial charge in [0.15, 0.2) is 0 Å². The molecule has 1 aromatic carbocycles. The molecule has 0 unspecified atom stereocenters. The fourth-order valence-electron chi connectivity index (χ4n) is 1.85. The lowest BCUT2D eigenvalue weighted by molar-refractivity contribution is 0.815. The highest BCUT2D eigenvalue weighted by molar-refractivity contribution is 5.54. The molecule has 1 N–H and O–H groups in total. The molecule has 70 valence electrons. The first-order valence-corrected chi connectivity index (χ1v) is 5.14. The summed E-state index contributed by atoms with van der Waals surface area (Å²) >= 11 is 0. The topological polar surface area (TPSA) is 12.0 Å². The average Bonchev–Trinajstić information content (AvgIpc) is 2.17. The van der Waals surface area contributed by atoms with Crippen molar-refractivity contribution in [2.24, 2.45) is 0 Å². The largest absolute Gasteiger partial charge is 0.385 e. The zero-order valence-electron chi connectivity index (χ0n) is 8.43. The number of nitrogens with one attached hydrogen (secondary N) is 1. The Labute approximate surface area is 80.2 Å². The first-order valence-electron chi connectivity index (χ1n) is 5.14. The van der Waals surface area contributed by atoms with E-state index in [0.29, 0.717) is 5.92 Å². The van der Waals surface area contributed by atoms with Gasteiger partial charge in [0.05, 0.1) is 0 Å². The summed E-state index contributed by atoms with van der Waals surface area (Å²) < 4.78 is 0. The third-order valence-electron chi connectivity index (χ3n) is 2.73. The molecule has 0 bridgehead atoms. The van der Waals surface area contributed by atoms with E-state index in [1.165, 1.54) is 29.7 Å². The van der Waals surface area contributed by atoms with Gasteiger partial charge < -0.3 is 5.32 Å². The number of benzene rings is 1. The predicted octanol–water partition coefficient (Wildman–Crippen LogP) is 3.17. The normalized spacial score (nSPS) is 15.3. The van der Waals surface area contributed by atoms with Crippen LogP contribution in [0.25, 0.3) is 0 Å². The Morgan fingerprint density at radius 1 is 1.31 bits per heavy atom. The summed E-state index contributed by atoms with van der Waals surface area (Å²) in [5.74, 6) is 0.646. The summed E-state index contributed by atoms with van der Waals surface area (Å²) in [4.78, 5) is 0. The van der Waals surface area contributed by atoms with Crippen LogP contribution in [-0.4, -0.2) is 6.54 Å². The first kappa shape index (κ1) is 8.61. The van der Waals surface area contributed by atoms with Gasteiger partial charge in [0.1, 0.15) is 0 Å². The van der Waals surface area contributed by atoms with E-state index in [4.69, 9.17) is 0 Å². The summed E-state index contributed by atoms with van der Waals surface area (Å²) in [6.45, 7) is 5.63. The minimum Gasteiger partial charge on any atom is -0.385 e. The van der Waals surface area contributed by atoms with Crippen molar-refractivity contribution in [1.29, 1.82) is 0 Å². The fraction of sp³-hybridized carbons (Fsp3) is 0.500. The smallest absolute Gasteiger partial charge is 0.0372 e. The van der Waals surface area contributed by atoms with Crippen molar-refractivity contribution in [2.45, 2.75) is 32.6 Å². The molecule has 13 heavy (non-hydrogen) atoms. The van der Waals surface area contributed by atoms with Crippen LogP contribution in [0.4, 0.5) is 5.69 Å². The van der Waals surface area contributed by atoms with Crippen LogP contribution in [-0.2, 0) is 6.42 Å². The maximum Gasteiger partial charge on any atom is 0.0372 e. The van der Waals surface area contributed by atoms with Gasteiger partial charge in [0.2, 0.25) is 0 Å². The van der Waals surface area contributed by atoms with Crippen molar-refractivity contribution >= 4 is 5.69 Å². The van der Waals surface area contributed by atoms with Crippen LogP contribution in [0.1, 0.15) is 37.3 Å². The van der Waals surface area contributed by atoms with Crippen molar-refractivity contribution in [1.82, 2.24) is 0 Å². The Morgan fingerprint density at radius 2 is 2.15 bits per heavy atom. The fourth-order valence-corrected chi connectivity index (χ4v) is 1.85. The van der Waals surface area contributed by atoms with E-state index in [0.717, 1.165) is 6.54 Å². The lowest BCUT2D eigenvalue weighted by Gasteiger charge is -2.19. The standard InChI is InChI=1S/C12H17N/c1-9(2)10-5-6-12-11(8-10)4-3-7-13-12/h5-6,8-9,13H,3-4,7H2,1-2H3. The SMILES string of the molecule is CC(C)c1ccc2c(c1)CCCN2. The molecule has 0 radical (unpaired) electrons. The third-order valence-corrected chi connectivity index (χ3v) is 2.73. The number of rotatable bonds is 1. The van der Waals surface area contributed by atoms with Gasteiger partial charge in [-0.3, -0.25) is 0 Å². The van der Waals surface area contributed by atoms with Crippen LogP contribution in [0, 0.1) is 0 Å². The van der Waals surface area contributed by atoms with Gasteiger partial charge in [-0.2, -0.15) is 0 Å². The zero-order chi connectivity index (χ0) is 9.26. The van der Waals surface area contributed by atoms with E-state index in [1.807, 2.05) is 0 Å². The number of hydrogen-bond acceptors (Lipinski definition) is 1. The van der Waals surface area contributed by atoms with E-state index in [1.54, 1.807) is 0 Å². The molecule has 0 spiro atoms. The summed E-state index contributed by atoms with van der Waals surface area (Å²) in [6, 6.07) is 6.82. The van der Waals surface area contributed by atoms with Crippen LogP contribution in [0.5, 0.6) is 0 Å². The summed E-state index contributed by atoms with van der Waals surface area (Å²) in [5.41, 5.74) is 4.30. The van der Waals surface area contributed by atoms with Gasteiger partial charge in [0, 0.05) is 12.2 Å².